The number of aromatic nitrogens is 1. The van der Waals surface area contributed by atoms with E-state index in [1.165, 1.54) is 106 Å². The van der Waals surface area contributed by atoms with Gasteiger partial charge in [0.25, 0.3) is 5.69 Å². The van der Waals surface area contributed by atoms with Crippen LogP contribution in [0.3, 0.4) is 0 Å². The van der Waals surface area contributed by atoms with Crippen LogP contribution in [0.1, 0.15) is 0 Å². The molecule has 4 nitrogen and oxygen atoms in total. The molecule has 0 bridgehead atoms. The Morgan fingerprint density at radius 3 is 0.581 bits per heavy atom. The zero-order chi connectivity index (χ0) is 63.2. The molecular formula is C83H67FN2O2P4Pd. The Morgan fingerprint density at radius 2 is 0.419 bits per heavy atom. The molecule has 14 aromatic rings. The fraction of sp³-hybridized carbons (Fsp3) is 0. The van der Waals surface area contributed by atoms with Crippen LogP contribution >= 0.6 is 31.7 Å². The third kappa shape index (κ3) is 20.1. The number of hydrogen-bond donors (Lipinski definition) is 0. The van der Waals surface area contributed by atoms with Crippen LogP contribution in [0.2, 0.25) is 0 Å². The molecule has 0 radical (unpaired) electrons. The zero-order valence-electron chi connectivity index (χ0n) is 50.9. The van der Waals surface area contributed by atoms with Gasteiger partial charge < -0.3 is 0 Å². The van der Waals surface area contributed by atoms with Crippen molar-refractivity contribution in [3.8, 4) is 11.3 Å². The average Bonchev–Trinajstić information content (AvgIpc) is 1.38. The van der Waals surface area contributed by atoms with Gasteiger partial charge >= 0.3 is 0 Å². The fourth-order valence-corrected chi connectivity index (χ4v) is 19.3. The Hall–Kier alpha value is -9.28. The Labute approximate surface area is 565 Å². The summed E-state index contributed by atoms with van der Waals surface area (Å²) >= 11 is 0. The summed E-state index contributed by atoms with van der Waals surface area (Å²) in [6.07, 6.45) is 1.46. The number of hydrogen-bond acceptors (Lipinski definition) is 3. The number of halogens is 1. The molecule has 0 amide bonds. The summed E-state index contributed by atoms with van der Waals surface area (Å²) in [5, 5.41) is 27.5. The molecule has 0 unspecified atom stereocenters. The van der Waals surface area contributed by atoms with Crippen molar-refractivity contribution < 1.29 is 29.7 Å². The molecular weight excluding hydrogens is 1310 g/mol. The number of rotatable bonds is 14. The van der Waals surface area contributed by atoms with E-state index in [0.717, 1.165) is 0 Å². The van der Waals surface area contributed by atoms with E-state index in [0.29, 0.717) is 5.56 Å². The van der Waals surface area contributed by atoms with Gasteiger partial charge in [0.1, 0.15) is 11.5 Å². The number of benzene rings is 13. The second kappa shape index (κ2) is 37.3. The monoisotopic (exact) mass is 1370 g/mol. The van der Waals surface area contributed by atoms with E-state index in [2.05, 4.69) is 369 Å². The largest absolute Gasteiger partial charge is 0.295 e. The molecule has 14 rings (SSSR count). The van der Waals surface area contributed by atoms with Crippen molar-refractivity contribution in [1.29, 1.82) is 0 Å². The summed E-state index contributed by atoms with van der Waals surface area (Å²) < 4.78 is 12.7. The minimum absolute atomic E-state index is 0. The number of nitrogens with zero attached hydrogens (tertiary/aromatic N) is 2. The Balaban J connectivity index is 0.000000137. The molecule has 0 saturated carbocycles. The maximum absolute atomic E-state index is 12.7. The zero-order valence-corrected chi connectivity index (χ0v) is 56.0. The predicted molar refractivity (Wildman–Crippen MR) is 397 cm³/mol. The maximum atomic E-state index is 12.7. The normalized spacial score (nSPS) is 10.4. The third-order valence-electron chi connectivity index (χ3n) is 14.3. The van der Waals surface area contributed by atoms with Crippen molar-refractivity contribution in [2.24, 2.45) is 0 Å². The molecule has 0 aliphatic rings. The molecule has 458 valence electrons. The van der Waals surface area contributed by atoms with Crippen LogP contribution in [0, 0.1) is 15.9 Å². The number of pyridine rings is 1. The first-order chi connectivity index (χ1) is 45.5. The van der Waals surface area contributed by atoms with Crippen LogP contribution in [-0.4, -0.2) is 9.91 Å². The molecule has 0 atom stereocenters. The predicted octanol–water partition coefficient (Wildman–Crippen LogP) is 16.6. The Kier molecular flexibility index (Phi) is 27.3. The second-order valence-corrected chi connectivity index (χ2v) is 29.4. The van der Waals surface area contributed by atoms with Crippen molar-refractivity contribution in [2.45, 2.75) is 0 Å². The summed E-state index contributed by atoms with van der Waals surface area (Å²) in [5.41, 5.74) is 0.676. The Morgan fingerprint density at radius 1 is 0.247 bits per heavy atom. The van der Waals surface area contributed by atoms with Crippen LogP contribution in [0.15, 0.2) is 407 Å². The van der Waals surface area contributed by atoms with E-state index in [4.69, 9.17) is 0 Å². The van der Waals surface area contributed by atoms with Crippen molar-refractivity contribution in [3.63, 3.8) is 0 Å². The van der Waals surface area contributed by atoms with Gasteiger partial charge in [-0.1, -0.05) is 364 Å². The van der Waals surface area contributed by atoms with Gasteiger partial charge in [-0.2, -0.15) is 0 Å². The van der Waals surface area contributed by atoms with Crippen molar-refractivity contribution in [1.82, 2.24) is 4.98 Å². The van der Waals surface area contributed by atoms with E-state index in [1.807, 2.05) is 0 Å². The number of nitro groups is 1. The van der Waals surface area contributed by atoms with Crippen LogP contribution in [-0.2, 0) is 20.4 Å². The summed E-state index contributed by atoms with van der Waals surface area (Å²) in [6.45, 7) is 0. The van der Waals surface area contributed by atoms with Gasteiger partial charge in [-0.05, 0) is 126 Å². The van der Waals surface area contributed by atoms with E-state index in [9.17, 15) is 14.5 Å². The van der Waals surface area contributed by atoms with Crippen LogP contribution < -0.4 is 63.7 Å². The molecule has 93 heavy (non-hydrogen) atoms. The smallest absolute Gasteiger partial charge is 0.258 e. The molecule has 0 fully saturated rings. The fourth-order valence-electron chi connectivity index (χ4n) is 10.1. The Bertz CT molecular complexity index is 3500. The van der Waals surface area contributed by atoms with E-state index in [1.54, 1.807) is 0 Å². The van der Waals surface area contributed by atoms with Crippen LogP contribution in [0.25, 0.3) is 11.3 Å². The molecule has 0 spiro atoms. The van der Waals surface area contributed by atoms with Crippen LogP contribution in [0.4, 0.5) is 10.1 Å². The summed E-state index contributed by atoms with van der Waals surface area (Å²) in [7, 11) is -1.78. The topological polar surface area (TPSA) is 56.0 Å². The summed E-state index contributed by atoms with van der Waals surface area (Å²) in [4.78, 5) is 14.2. The second-order valence-electron chi connectivity index (χ2n) is 20.5. The minimum atomic E-state index is -0.508. The first-order valence-electron chi connectivity index (χ1n) is 30.1. The SMILES string of the molecule is O=[N+]([O-])c1cccnc1-c1ccc(F)cc1.[Pd].c1ccc(P(c2ccccc2)c2ccccc2)cc1.c1ccc(P(c2ccccc2)c2ccccc2)cc1.c1ccc(P(c2ccccc2)c2ccccc2)cc1.c1ccc(P(c2ccccc2)c2ccccc2)cc1. The molecule has 10 heteroatoms. The summed E-state index contributed by atoms with van der Waals surface area (Å²) in [6, 6.07) is 138. The molecule has 1 aromatic heterocycles. The van der Waals surface area contributed by atoms with Crippen molar-refractivity contribution >= 4 is 101 Å². The third-order valence-corrected chi connectivity index (χ3v) is 24.0. The minimum Gasteiger partial charge on any atom is -0.258 e. The van der Waals surface area contributed by atoms with Crippen molar-refractivity contribution in [2.75, 3.05) is 0 Å². The standard InChI is InChI=1S/4C18H15P.C11H7FN2O2.Pd/c4*1-4-10-16(11-5-1)19(17-12-6-2-7-13-17)18-14-8-3-9-15-18;12-9-5-3-8(4-6-9)11-10(14(15)16)2-1-7-13-11;/h4*1-15H;1-7H;. The quantitative estimate of drug-likeness (QED) is 0.0472. The molecule has 0 N–H and O–H groups in total. The van der Waals surface area contributed by atoms with Gasteiger partial charge in [0.05, 0.1) is 4.92 Å². The van der Waals surface area contributed by atoms with Crippen molar-refractivity contribution in [3.05, 3.63) is 423 Å². The molecule has 0 aliphatic heterocycles. The van der Waals surface area contributed by atoms with Gasteiger partial charge in [0, 0.05) is 38.2 Å². The van der Waals surface area contributed by atoms with Gasteiger partial charge in [0.2, 0.25) is 0 Å². The van der Waals surface area contributed by atoms with Gasteiger partial charge in [-0.3, -0.25) is 10.1 Å². The molecule has 13 aromatic carbocycles. The molecule has 0 saturated heterocycles. The van der Waals surface area contributed by atoms with Gasteiger partial charge in [-0.25, -0.2) is 9.37 Å². The van der Waals surface area contributed by atoms with E-state index < -0.39 is 36.6 Å². The summed E-state index contributed by atoms with van der Waals surface area (Å²) in [5.74, 6) is -0.387. The van der Waals surface area contributed by atoms with Crippen LogP contribution in [0.5, 0.6) is 0 Å². The van der Waals surface area contributed by atoms with Gasteiger partial charge in [0.15, 0.2) is 0 Å². The van der Waals surface area contributed by atoms with E-state index >= 15 is 0 Å². The average molecular weight is 1370 g/mol. The molecule has 0 aliphatic carbocycles. The first kappa shape index (κ1) is 68.1. The first-order valence-corrected chi connectivity index (χ1v) is 35.5. The van der Waals surface area contributed by atoms with E-state index in [-0.39, 0.29) is 37.6 Å². The molecule has 1 heterocycles. The maximum Gasteiger partial charge on any atom is 0.295 e. The van der Waals surface area contributed by atoms with Gasteiger partial charge in [-0.15, -0.1) is 0 Å².